The van der Waals surface area contributed by atoms with Crippen molar-refractivity contribution in [2.45, 2.75) is 50.3 Å². The van der Waals surface area contributed by atoms with E-state index in [9.17, 15) is 8.42 Å². The Kier molecular flexibility index (Phi) is 8.70. The molecule has 0 spiro atoms. The van der Waals surface area contributed by atoms with E-state index in [1.807, 2.05) is 80.6 Å². The molecule has 4 nitrogen and oxygen atoms in total. The highest BCUT2D eigenvalue weighted by Crippen LogP contribution is 2.21. The average Bonchev–Trinajstić information content (AvgIpc) is 2.89. The topological polar surface area (TPSA) is 49.4 Å². The van der Waals surface area contributed by atoms with Gasteiger partial charge in [0.25, 0.3) is 0 Å². The first-order valence-electron chi connectivity index (χ1n) is 12.4. The number of aryl methyl sites for hydroxylation is 1. The Labute approximate surface area is 215 Å². The van der Waals surface area contributed by atoms with Crippen molar-refractivity contribution in [3.05, 3.63) is 138 Å². The molecule has 0 aliphatic rings. The zero-order chi connectivity index (χ0) is 25.4. The lowest BCUT2D eigenvalue weighted by atomic mass is 9.97. The van der Waals surface area contributed by atoms with E-state index in [4.69, 9.17) is 0 Å². The summed E-state index contributed by atoms with van der Waals surface area (Å²) in [6.45, 7) is 5.35. The highest BCUT2D eigenvalue weighted by atomic mass is 32.2. The van der Waals surface area contributed by atoms with E-state index in [-0.39, 0.29) is 17.0 Å². The van der Waals surface area contributed by atoms with E-state index < -0.39 is 10.0 Å². The van der Waals surface area contributed by atoms with Crippen molar-refractivity contribution in [3.63, 3.8) is 0 Å². The Morgan fingerprint density at radius 2 is 1.11 bits per heavy atom. The van der Waals surface area contributed by atoms with Crippen LogP contribution in [0.25, 0.3) is 0 Å². The standard InChI is InChI=1S/C31H34N2O2S/c1-25-18-20-30(21-19-25)36(34,35)32-26(2)31(22-27-12-6-3-7-13-27)33(23-28-14-8-4-9-15-28)24-29-16-10-5-11-17-29/h3-21,26,31-32H,22-24H2,1-2H3/t26-,31+/m1/s1. The van der Waals surface area contributed by atoms with Crippen molar-refractivity contribution in [3.8, 4) is 0 Å². The lowest BCUT2D eigenvalue weighted by molar-refractivity contribution is 0.151. The highest BCUT2D eigenvalue weighted by molar-refractivity contribution is 7.89. The van der Waals surface area contributed by atoms with Crippen molar-refractivity contribution >= 4 is 10.0 Å². The van der Waals surface area contributed by atoms with Gasteiger partial charge in [-0.1, -0.05) is 109 Å². The molecule has 0 fully saturated rings. The first-order valence-corrected chi connectivity index (χ1v) is 13.8. The molecule has 36 heavy (non-hydrogen) atoms. The summed E-state index contributed by atoms with van der Waals surface area (Å²) in [5, 5.41) is 0. The molecular weight excluding hydrogens is 464 g/mol. The van der Waals surface area contributed by atoms with Crippen LogP contribution in [0, 0.1) is 6.92 Å². The Balaban J connectivity index is 1.67. The van der Waals surface area contributed by atoms with Gasteiger partial charge in [0.1, 0.15) is 0 Å². The van der Waals surface area contributed by atoms with Gasteiger partial charge in [0.15, 0.2) is 0 Å². The van der Waals surface area contributed by atoms with Crippen LogP contribution >= 0.6 is 0 Å². The van der Waals surface area contributed by atoms with E-state index in [2.05, 4.69) is 46.0 Å². The first-order chi connectivity index (χ1) is 17.4. The molecule has 0 heterocycles. The third-order valence-electron chi connectivity index (χ3n) is 6.46. The summed E-state index contributed by atoms with van der Waals surface area (Å²) in [6.07, 6.45) is 0.720. The maximum absolute atomic E-state index is 13.3. The van der Waals surface area contributed by atoms with E-state index in [0.717, 1.165) is 12.0 Å². The van der Waals surface area contributed by atoms with E-state index in [0.29, 0.717) is 13.1 Å². The third-order valence-corrected chi connectivity index (χ3v) is 8.04. The number of hydrogen-bond donors (Lipinski definition) is 1. The summed E-state index contributed by atoms with van der Waals surface area (Å²) < 4.78 is 29.6. The Morgan fingerprint density at radius 1 is 0.667 bits per heavy atom. The molecule has 0 amide bonds. The summed E-state index contributed by atoms with van der Waals surface area (Å²) in [5.41, 5.74) is 4.59. The summed E-state index contributed by atoms with van der Waals surface area (Å²) >= 11 is 0. The van der Waals surface area contributed by atoms with Crippen molar-refractivity contribution in [1.29, 1.82) is 0 Å². The van der Waals surface area contributed by atoms with Gasteiger partial charge in [-0.25, -0.2) is 13.1 Å². The van der Waals surface area contributed by atoms with Gasteiger partial charge in [-0.2, -0.15) is 0 Å². The van der Waals surface area contributed by atoms with E-state index in [1.54, 1.807) is 12.1 Å². The normalized spacial score (nSPS) is 13.4. The Hall–Kier alpha value is -3.25. The lowest BCUT2D eigenvalue weighted by Gasteiger charge is -2.36. The number of rotatable bonds is 11. The molecule has 0 aliphatic heterocycles. The molecule has 4 aromatic carbocycles. The van der Waals surface area contributed by atoms with Crippen LogP contribution in [0.5, 0.6) is 0 Å². The summed E-state index contributed by atoms with van der Waals surface area (Å²) in [4.78, 5) is 2.68. The number of nitrogens with zero attached hydrogens (tertiary/aromatic N) is 1. The predicted octanol–water partition coefficient (Wildman–Crippen LogP) is 5.98. The Bertz CT molecular complexity index is 1270. The molecule has 0 radical (unpaired) electrons. The molecule has 4 rings (SSSR count). The second kappa shape index (κ2) is 12.1. The number of nitrogens with one attached hydrogen (secondary N) is 1. The maximum atomic E-state index is 13.3. The summed E-state index contributed by atoms with van der Waals surface area (Å²) in [5.74, 6) is 0. The summed E-state index contributed by atoms with van der Waals surface area (Å²) in [6, 6.07) is 37.6. The number of hydrogen-bond acceptors (Lipinski definition) is 3. The van der Waals surface area contributed by atoms with E-state index >= 15 is 0 Å². The van der Waals surface area contributed by atoms with Crippen LogP contribution in [0.15, 0.2) is 120 Å². The third kappa shape index (κ3) is 7.14. The number of benzene rings is 4. The van der Waals surface area contributed by atoms with Gasteiger partial charge < -0.3 is 0 Å². The van der Waals surface area contributed by atoms with Gasteiger partial charge in [-0.15, -0.1) is 0 Å². The van der Waals surface area contributed by atoms with Gasteiger partial charge in [0.05, 0.1) is 4.90 Å². The lowest BCUT2D eigenvalue weighted by Crippen LogP contribution is -2.50. The Morgan fingerprint density at radius 3 is 1.58 bits per heavy atom. The van der Waals surface area contributed by atoms with Crippen molar-refractivity contribution in [2.75, 3.05) is 0 Å². The SMILES string of the molecule is Cc1ccc(S(=O)(=O)N[C@H](C)[C@H](Cc2ccccc2)N(Cc2ccccc2)Cc2ccccc2)cc1. The van der Waals surface area contributed by atoms with Crippen LogP contribution in [-0.4, -0.2) is 25.4 Å². The second-order valence-corrected chi connectivity index (χ2v) is 11.1. The smallest absolute Gasteiger partial charge is 0.240 e. The van der Waals surface area contributed by atoms with Gasteiger partial charge >= 0.3 is 0 Å². The number of sulfonamides is 1. The molecule has 0 saturated heterocycles. The molecule has 0 unspecified atom stereocenters. The van der Waals surface area contributed by atoms with E-state index in [1.165, 1.54) is 16.7 Å². The fourth-order valence-corrected chi connectivity index (χ4v) is 5.79. The van der Waals surface area contributed by atoms with Gasteiger partial charge in [0, 0.05) is 25.2 Å². The monoisotopic (exact) mass is 498 g/mol. The van der Waals surface area contributed by atoms with Crippen molar-refractivity contribution in [1.82, 2.24) is 9.62 Å². The zero-order valence-electron chi connectivity index (χ0n) is 20.9. The average molecular weight is 499 g/mol. The minimum atomic E-state index is -3.67. The second-order valence-electron chi connectivity index (χ2n) is 9.36. The van der Waals surface area contributed by atoms with Crippen LogP contribution in [0.4, 0.5) is 0 Å². The molecular formula is C31H34N2O2S. The largest absolute Gasteiger partial charge is 0.290 e. The quantitative estimate of drug-likeness (QED) is 0.277. The van der Waals surface area contributed by atoms with Gasteiger partial charge in [-0.3, -0.25) is 4.90 Å². The van der Waals surface area contributed by atoms with Crippen LogP contribution < -0.4 is 4.72 Å². The summed E-state index contributed by atoms with van der Waals surface area (Å²) in [7, 11) is -3.67. The fraction of sp³-hybridized carbons (Fsp3) is 0.226. The molecule has 1 N–H and O–H groups in total. The first kappa shape index (κ1) is 25.8. The fourth-order valence-electron chi connectivity index (χ4n) is 4.51. The highest BCUT2D eigenvalue weighted by Gasteiger charge is 2.29. The van der Waals surface area contributed by atoms with Gasteiger partial charge in [-0.05, 0) is 49.1 Å². The van der Waals surface area contributed by atoms with Gasteiger partial charge in [0.2, 0.25) is 10.0 Å². The predicted molar refractivity (Wildman–Crippen MR) is 147 cm³/mol. The van der Waals surface area contributed by atoms with Crippen molar-refractivity contribution < 1.29 is 8.42 Å². The van der Waals surface area contributed by atoms with Crippen LogP contribution in [0.1, 0.15) is 29.2 Å². The molecule has 186 valence electrons. The molecule has 5 heteroatoms. The van der Waals surface area contributed by atoms with Crippen molar-refractivity contribution in [2.24, 2.45) is 0 Å². The molecule has 0 aromatic heterocycles. The maximum Gasteiger partial charge on any atom is 0.240 e. The molecule has 2 atom stereocenters. The molecule has 0 saturated carbocycles. The van der Waals surface area contributed by atoms with Crippen LogP contribution in [0.2, 0.25) is 0 Å². The minimum absolute atomic E-state index is 0.0759. The van der Waals surface area contributed by atoms with Crippen LogP contribution in [0.3, 0.4) is 0 Å². The molecule has 4 aromatic rings. The molecule has 0 aliphatic carbocycles. The molecule has 0 bridgehead atoms. The van der Waals surface area contributed by atoms with Crippen LogP contribution in [-0.2, 0) is 29.5 Å². The minimum Gasteiger partial charge on any atom is -0.290 e. The zero-order valence-corrected chi connectivity index (χ0v) is 21.7.